The van der Waals surface area contributed by atoms with Crippen LogP contribution < -0.4 is 0 Å². The highest BCUT2D eigenvalue weighted by Crippen LogP contribution is 2.68. The Morgan fingerprint density at radius 1 is 0.886 bits per heavy atom. The summed E-state index contributed by atoms with van der Waals surface area (Å²) in [7, 11) is 4.62. The molecule has 4 saturated carbocycles. The number of carbonyl (C=O) groups excluding carboxylic acids is 1. The van der Waals surface area contributed by atoms with Crippen LogP contribution in [0.25, 0.3) is 0 Å². The monoisotopic (exact) mass is 485 g/mol. The number of rotatable bonds is 7. The molecule has 4 fully saturated rings. The molecule has 9 unspecified atom stereocenters. The van der Waals surface area contributed by atoms with Crippen LogP contribution in [0.1, 0.15) is 112 Å². The Hall–Kier alpha value is -0.630. The van der Waals surface area contributed by atoms with Gasteiger partial charge in [0.2, 0.25) is 0 Å². The predicted molar refractivity (Wildman–Crippen MR) is 151 cm³/mol. The smallest absolute Gasteiger partial charge is 0.142 e. The zero-order valence-electron chi connectivity index (χ0n) is 24.7. The Balaban J connectivity index is 0.000000795. The molecule has 0 radical (unpaired) electrons. The van der Waals surface area contributed by atoms with Crippen molar-refractivity contribution in [2.45, 2.75) is 118 Å². The largest absolute Gasteiger partial charge is 0.306 e. The van der Waals surface area contributed by atoms with Crippen LogP contribution in [0.5, 0.6) is 0 Å². The SMILES string of the molecule is C=CC=O.CC(C)C(C)CC[C@@H](C)C1CCC2C3CCC4CC(N(C)C)CCC4(C)C3CCC21C. The summed E-state index contributed by atoms with van der Waals surface area (Å²) < 4.78 is 0. The molecule has 0 amide bonds. The molecule has 4 rings (SSSR count). The molecule has 2 heteroatoms. The minimum absolute atomic E-state index is 0.639. The third-order valence-electron chi connectivity index (χ3n) is 12.4. The van der Waals surface area contributed by atoms with Gasteiger partial charge in [-0.2, -0.15) is 0 Å². The number of allylic oxidation sites excluding steroid dienone is 1. The van der Waals surface area contributed by atoms with Crippen LogP contribution in [0.4, 0.5) is 0 Å². The highest BCUT2D eigenvalue weighted by Gasteiger charge is 2.60. The second-order valence-corrected chi connectivity index (χ2v) is 14.4. The fourth-order valence-corrected chi connectivity index (χ4v) is 9.74. The number of nitrogens with zero attached hydrogens (tertiary/aromatic N) is 1. The van der Waals surface area contributed by atoms with E-state index >= 15 is 0 Å². The minimum atomic E-state index is 0.639. The van der Waals surface area contributed by atoms with E-state index in [0.29, 0.717) is 17.1 Å². The van der Waals surface area contributed by atoms with Crippen molar-refractivity contribution in [1.82, 2.24) is 4.90 Å². The van der Waals surface area contributed by atoms with Crippen molar-refractivity contribution in [3.63, 3.8) is 0 Å². The van der Waals surface area contributed by atoms with Gasteiger partial charge in [0, 0.05) is 6.04 Å². The Bertz CT molecular complexity index is 693. The van der Waals surface area contributed by atoms with Crippen LogP contribution in [-0.2, 0) is 4.79 Å². The first-order chi connectivity index (χ1) is 16.5. The van der Waals surface area contributed by atoms with Crippen molar-refractivity contribution in [3.8, 4) is 0 Å². The van der Waals surface area contributed by atoms with Gasteiger partial charge in [-0.15, -0.1) is 0 Å². The summed E-state index contributed by atoms with van der Waals surface area (Å²) >= 11 is 0. The maximum absolute atomic E-state index is 9.06. The molecule has 2 nitrogen and oxygen atoms in total. The van der Waals surface area contributed by atoms with Crippen LogP contribution in [0.15, 0.2) is 12.7 Å². The second-order valence-electron chi connectivity index (χ2n) is 14.4. The number of aldehydes is 1. The third kappa shape index (κ3) is 5.78. The van der Waals surface area contributed by atoms with E-state index in [1.807, 2.05) is 0 Å². The van der Waals surface area contributed by atoms with E-state index in [1.54, 1.807) is 19.3 Å². The van der Waals surface area contributed by atoms with Crippen molar-refractivity contribution in [3.05, 3.63) is 12.7 Å². The van der Waals surface area contributed by atoms with Gasteiger partial charge in [0.05, 0.1) is 0 Å². The average molecular weight is 486 g/mol. The second kappa shape index (κ2) is 11.8. The summed E-state index contributed by atoms with van der Waals surface area (Å²) in [6.45, 7) is 18.5. The fourth-order valence-electron chi connectivity index (χ4n) is 9.74. The third-order valence-corrected chi connectivity index (χ3v) is 12.4. The first-order valence-corrected chi connectivity index (χ1v) is 15.2. The highest BCUT2D eigenvalue weighted by molar-refractivity contribution is 5.63. The zero-order chi connectivity index (χ0) is 26.0. The molecule has 0 aromatic carbocycles. The summed E-state index contributed by atoms with van der Waals surface area (Å²) in [5.74, 6) is 7.75. The molecule has 0 saturated heterocycles. The van der Waals surface area contributed by atoms with E-state index in [-0.39, 0.29) is 0 Å². The number of hydrogen-bond donors (Lipinski definition) is 0. The quantitative estimate of drug-likeness (QED) is 0.265. The van der Waals surface area contributed by atoms with Gasteiger partial charge in [-0.3, -0.25) is 4.79 Å². The van der Waals surface area contributed by atoms with Crippen LogP contribution in [0.2, 0.25) is 0 Å². The van der Waals surface area contributed by atoms with Crippen molar-refractivity contribution < 1.29 is 4.79 Å². The highest BCUT2D eigenvalue weighted by atomic mass is 16.1. The van der Waals surface area contributed by atoms with Gasteiger partial charge in [-0.1, -0.05) is 61.0 Å². The van der Waals surface area contributed by atoms with E-state index in [1.165, 1.54) is 57.4 Å². The normalized spacial score (nSPS) is 42.2. The molecule has 0 heterocycles. The maximum Gasteiger partial charge on any atom is 0.142 e. The van der Waals surface area contributed by atoms with Crippen LogP contribution in [-0.4, -0.2) is 31.3 Å². The molecule has 0 spiro atoms. The molecule has 0 aliphatic heterocycles. The first kappa shape index (κ1) is 28.9. The van der Waals surface area contributed by atoms with Gasteiger partial charge < -0.3 is 4.90 Å². The summed E-state index contributed by atoms with van der Waals surface area (Å²) in [5, 5.41) is 0. The van der Waals surface area contributed by atoms with Gasteiger partial charge in [-0.05, 0) is 136 Å². The van der Waals surface area contributed by atoms with Gasteiger partial charge in [0.1, 0.15) is 6.29 Å². The molecule has 4 aliphatic carbocycles. The zero-order valence-corrected chi connectivity index (χ0v) is 24.7. The molecular weight excluding hydrogens is 426 g/mol. The average Bonchev–Trinajstić information content (AvgIpc) is 3.19. The predicted octanol–water partition coefficient (Wildman–Crippen LogP) is 8.66. The number of fused-ring (bicyclic) bond motifs is 5. The lowest BCUT2D eigenvalue weighted by Crippen LogP contribution is -2.55. The van der Waals surface area contributed by atoms with Crippen LogP contribution >= 0.6 is 0 Å². The lowest BCUT2D eigenvalue weighted by atomic mass is 9.44. The molecule has 4 aliphatic rings. The fraction of sp³-hybridized carbons (Fsp3) is 0.909. The summed E-state index contributed by atoms with van der Waals surface area (Å²) in [5.41, 5.74) is 1.29. The molecular formula is C33H59NO. The van der Waals surface area contributed by atoms with Crippen LogP contribution in [0.3, 0.4) is 0 Å². The lowest BCUT2D eigenvalue weighted by Gasteiger charge is -2.61. The molecule has 0 aromatic heterocycles. The Labute approximate surface area is 219 Å². The standard InChI is InChI=1S/C30H55N.C3H4O/c1-20(2)21(3)9-10-22(4)26-13-14-27-25-12-11-23-19-24(31(7)8)15-17-29(23,5)28(25)16-18-30(26,27)6;1-2-3-4/h20-28H,9-19H2,1-8H3;2-3H,1H2/t21?,22-,23?,24?,25?,26?,27?,28?,29?,30?;/m1./s1. The summed E-state index contributed by atoms with van der Waals surface area (Å²) in [6, 6.07) is 0.841. The lowest BCUT2D eigenvalue weighted by molar-refractivity contribution is -0.122. The minimum Gasteiger partial charge on any atom is -0.306 e. The van der Waals surface area contributed by atoms with E-state index < -0.39 is 0 Å². The molecule has 0 aromatic rings. The summed E-state index contributed by atoms with van der Waals surface area (Å²) in [6.07, 6.45) is 18.4. The van der Waals surface area contributed by atoms with E-state index in [0.717, 1.165) is 53.4 Å². The topological polar surface area (TPSA) is 20.3 Å². The van der Waals surface area contributed by atoms with Gasteiger partial charge >= 0.3 is 0 Å². The molecule has 0 bridgehead atoms. The van der Waals surface area contributed by atoms with Gasteiger partial charge in [0.15, 0.2) is 0 Å². The van der Waals surface area contributed by atoms with E-state index in [2.05, 4.69) is 67.1 Å². The molecule has 10 atom stereocenters. The van der Waals surface area contributed by atoms with E-state index in [4.69, 9.17) is 4.79 Å². The van der Waals surface area contributed by atoms with E-state index in [9.17, 15) is 0 Å². The number of carbonyl (C=O) groups is 1. The molecule has 35 heavy (non-hydrogen) atoms. The maximum atomic E-state index is 9.06. The Morgan fingerprint density at radius 2 is 1.51 bits per heavy atom. The molecule has 0 N–H and O–H groups in total. The van der Waals surface area contributed by atoms with Crippen molar-refractivity contribution >= 4 is 6.29 Å². The first-order valence-electron chi connectivity index (χ1n) is 15.2. The van der Waals surface area contributed by atoms with Crippen LogP contribution in [0, 0.1) is 58.2 Å². The van der Waals surface area contributed by atoms with Gasteiger partial charge in [0.25, 0.3) is 0 Å². The number of hydrogen-bond acceptors (Lipinski definition) is 2. The molecule has 202 valence electrons. The van der Waals surface area contributed by atoms with Crippen molar-refractivity contribution in [1.29, 1.82) is 0 Å². The Morgan fingerprint density at radius 3 is 2.11 bits per heavy atom. The Kier molecular flexibility index (Phi) is 9.78. The van der Waals surface area contributed by atoms with Crippen molar-refractivity contribution in [2.75, 3.05) is 14.1 Å². The van der Waals surface area contributed by atoms with Gasteiger partial charge in [-0.25, -0.2) is 0 Å². The van der Waals surface area contributed by atoms with Crippen molar-refractivity contribution in [2.24, 2.45) is 58.2 Å². The summed E-state index contributed by atoms with van der Waals surface area (Å²) in [4.78, 5) is 11.6.